The molecule has 3 nitrogen and oxygen atoms in total. The van der Waals surface area contributed by atoms with E-state index < -0.39 is 0 Å². The van der Waals surface area contributed by atoms with Crippen molar-refractivity contribution >= 4 is 11.3 Å². The summed E-state index contributed by atoms with van der Waals surface area (Å²) in [5.41, 5.74) is 4.24. The molecule has 2 aliphatic heterocycles. The molecule has 2 fully saturated rings. The van der Waals surface area contributed by atoms with E-state index in [9.17, 15) is 0 Å². The minimum Gasteiger partial charge on any atom is -0.378 e. The number of thiophene rings is 1. The molecule has 2 atom stereocenters. The summed E-state index contributed by atoms with van der Waals surface area (Å²) >= 11 is 1.81. The van der Waals surface area contributed by atoms with Crippen LogP contribution in [0, 0.1) is 12.3 Å². The molecular weight excluding hydrogens is 328 g/mol. The van der Waals surface area contributed by atoms with Gasteiger partial charge in [-0.05, 0) is 79.6 Å². The van der Waals surface area contributed by atoms with Gasteiger partial charge in [-0.3, -0.25) is 9.88 Å². The SMILES string of the molecule is Cc1ccc(CN2CCC(CCc3ccsc3)(C3CCCO3)C2)cn1. The van der Waals surface area contributed by atoms with E-state index in [0.717, 1.165) is 25.4 Å². The van der Waals surface area contributed by atoms with E-state index in [4.69, 9.17) is 4.74 Å². The van der Waals surface area contributed by atoms with Gasteiger partial charge in [0, 0.05) is 37.0 Å². The highest BCUT2D eigenvalue weighted by molar-refractivity contribution is 7.07. The van der Waals surface area contributed by atoms with Crippen LogP contribution in [0.4, 0.5) is 0 Å². The first-order valence-electron chi connectivity index (χ1n) is 9.50. The van der Waals surface area contributed by atoms with E-state index in [1.807, 2.05) is 24.5 Å². The van der Waals surface area contributed by atoms with Gasteiger partial charge in [0.1, 0.15) is 0 Å². The van der Waals surface area contributed by atoms with Crippen molar-refractivity contribution in [3.05, 3.63) is 52.0 Å². The Bertz CT molecular complexity index is 664. The maximum absolute atomic E-state index is 6.19. The second-order valence-electron chi connectivity index (χ2n) is 7.76. The molecule has 0 bridgehead atoms. The number of rotatable bonds is 6. The lowest BCUT2D eigenvalue weighted by atomic mass is 9.75. The largest absolute Gasteiger partial charge is 0.378 e. The van der Waals surface area contributed by atoms with Crippen LogP contribution < -0.4 is 0 Å². The average molecular weight is 357 g/mol. The van der Waals surface area contributed by atoms with E-state index >= 15 is 0 Å². The maximum atomic E-state index is 6.19. The monoisotopic (exact) mass is 356 g/mol. The predicted octanol–water partition coefficient (Wildman–Crippen LogP) is 4.46. The van der Waals surface area contributed by atoms with E-state index in [2.05, 4.69) is 38.8 Å². The third kappa shape index (κ3) is 3.97. The molecule has 4 heterocycles. The number of aromatic nitrogens is 1. The summed E-state index contributed by atoms with van der Waals surface area (Å²) in [6, 6.07) is 6.62. The number of aryl methyl sites for hydroxylation is 2. The van der Waals surface area contributed by atoms with Gasteiger partial charge in [-0.1, -0.05) is 6.07 Å². The Kier molecular flexibility index (Phi) is 5.20. The van der Waals surface area contributed by atoms with Crippen LogP contribution in [-0.4, -0.2) is 35.7 Å². The summed E-state index contributed by atoms with van der Waals surface area (Å²) in [6.07, 6.45) is 8.65. The maximum Gasteiger partial charge on any atom is 0.0645 e. The van der Waals surface area contributed by atoms with Gasteiger partial charge < -0.3 is 4.74 Å². The van der Waals surface area contributed by atoms with E-state index in [1.165, 1.54) is 49.8 Å². The number of nitrogens with zero attached hydrogens (tertiary/aromatic N) is 2. The van der Waals surface area contributed by atoms with Gasteiger partial charge in [-0.15, -0.1) is 0 Å². The van der Waals surface area contributed by atoms with Crippen LogP contribution in [0.5, 0.6) is 0 Å². The molecule has 2 aromatic rings. The fourth-order valence-electron chi connectivity index (χ4n) is 4.49. The predicted molar refractivity (Wildman–Crippen MR) is 103 cm³/mol. The first-order chi connectivity index (χ1) is 12.2. The van der Waals surface area contributed by atoms with Gasteiger partial charge in [0.15, 0.2) is 0 Å². The molecule has 0 saturated carbocycles. The van der Waals surface area contributed by atoms with Crippen LogP contribution in [0.3, 0.4) is 0 Å². The molecule has 0 aliphatic carbocycles. The first-order valence-corrected chi connectivity index (χ1v) is 10.4. The van der Waals surface area contributed by atoms with Crippen molar-refractivity contribution in [3.63, 3.8) is 0 Å². The van der Waals surface area contributed by atoms with Crippen molar-refractivity contribution in [2.24, 2.45) is 5.41 Å². The summed E-state index contributed by atoms with van der Waals surface area (Å²) in [4.78, 5) is 7.07. The highest BCUT2D eigenvalue weighted by Crippen LogP contribution is 2.44. The van der Waals surface area contributed by atoms with Crippen molar-refractivity contribution in [3.8, 4) is 0 Å². The number of likely N-dealkylation sites (tertiary alicyclic amines) is 1. The summed E-state index contributed by atoms with van der Waals surface area (Å²) in [5.74, 6) is 0. The molecule has 2 aliphatic rings. The Balaban J connectivity index is 1.44. The van der Waals surface area contributed by atoms with Crippen LogP contribution in [0.15, 0.2) is 35.2 Å². The molecule has 2 saturated heterocycles. The number of ether oxygens (including phenoxy) is 1. The highest BCUT2D eigenvalue weighted by Gasteiger charge is 2.45. The summed E-state index contributed by atoms with van der Waals surface area (Å²) in [6.45, 7) is 6.35. The average Bonchev–Trinajstić information content (AvgIpc) is 3.38. The second-order valence-corrected chi connectivity index (χ2v) is 8.54. The summed E-state index contributed by atoms with van der Waals surface area (Å²) < 4.78 is 6.19. The minimum atomic E-state index is 0.330. The molecule has 4 heteroatoms. The zero-order valence-electron chi connectivity index (χ0n) is 15.1. The van der Waals surface area contributed by atoms with Crippen LogP contribution in [0.2, 0.25) is 0 Å². The second kappa shape index (κ2) is 7.56. The van der Waals surface area contributed by atoms with Crippen molar-refractivity contribution in [2.45, 2.75) is 51.7 Å². The van der Waals surface area contributed by atoms with Crippen LogP contribution in [0.25, 0.3) is 0 Å². The Morgan fingerprint density at radius 3 is 3.00 bits per heavy atom. The smallest absolute Gasteiger partial charge is 0.0645 e. The number of hydrogen-bond acceptors (Lipinski definition) is 4. The first kappa shape index (κ1) is 17.2. The Labute approximate surface area is 155 Å². The molecule has 0 radical (unpaired) electrons. The number of pyridine rings is 1. The fraction of sp³-hybridized carbons (Fsp3) is 0.571. The Morgan fingerprint density at radius 2 is 2.28 bits per heavy atom. The zero-order valence-corrected chi connectivity index (χ0v) is 15.9. The minimum absolute atomic E-state index is 0.330. The number of hydrogen-bond donors (Lipinski definition) is 0. The van der Waals surface area contributed by atoms with Crippen LogP contribution in [-0.2, 0) is 17.7 Å². The molecule has 134 valence electrons. The molecule has 0 aromatic carbocycles. The topological polar surface area (TPSA) is 25.4 Å². The van der Waals surface area contributed by atoms with Gasteiger partial charge in [0.05, 0.1) is 6.10 Å². The lowest BCUT2D eigenvalue weighted by molar-refractivity contribution is -0.00180. The van der Waals surface area contributed by atoms with Gasteiger partial charge in [-0.2, -0.15) is 11.3 Å². The summed E-state index contributed by atoms with van der Waals surface area (Å²) in [7, 11) is 0. The lowest BCUT2D eigenvalue weighted by Gasteiger charge is -2.35. The van der Waals surface area contributed by atoms with Crippen LogP contribution in [0.1, 0.15) is 42.5 Å². The standard InChI is InChI=1S/C21H28N2OS/c1-17-4-5-19(13-22-17)14-23-10-9-21(16-23,20-3-2-11-24-20)8-6-18-7-12-25-15-18/h4-5,7,12-13,15,20H,2-3,6,8-11,14,16H2,1H3. The van der Waals surface area contributed by atoms with E-state index in [-0.39, 0.29) is 0 Å². The van der Waals surface area contributed by atoms with Crippen molar-refractivity contribution in [1.29, 1.82) is 0 Å². The van der Waals surface area contributed by atoms with Gasteiger partial charge in [0.2, 0.25) is 0 Å². The normalized spacial score (nSPS) is 27.2. The van der Waals surface area contributed by atoms with E-state index in [1.54, 1.807) is 0 Å². The fourth-order valence-corrected chi connectivity index (χ4v) is 5.19. The van der Waals surface area contributed by atoms with Crippen molar-refractivity contribution in [2.75, 3.05) is 19.7 Å². The molecule has 0 amide bonds. The molecule has 4 rings (SSSR count). The Morgan fingerprint density at radius 1 is 1.32 bits per heavy atom. The van der Waals surface area contributed by atoms with Gasteiger partial charge in [-0.25, -0.2) is 0 Å². The molecular formula is C21H28N2OS. The van der Waals surface area contributed by atoms with Gasteiger partial charge in [0.25, 0.3) is 0 Å². The van der Waals surface area contributed by atoms with E-state index in [0.29, 0.717) is 11.5 Å². The third-order valence-electron chi connectivity index (χ3n) is 5.95. The molecule has 0 spiro atoms. The van der Waals surface area contributed by atoms with Crippen LogP contribution >= 0.6 is 11.3 Å². The molecule has 0 N–H and O–H groups in total. The molecule has 25 heavy (non-hydrogen) atoms. The summed E-state index contributed by atoms with van der Waals surface area (Å²) in [5, 5.41) is 4.49. The lowest BCUT2D eigenvalue weighted by Crippen LogP contribution is -2.38. The highest BCUT2D eigenvalue weighted by atomic mass is 32.1. The van der Waals surface area contributed by atoms with Crippen molar-refractivity contribution < 1.29 is 4.74 Å². The molecule has 2 unspecified atom stereocenters. The quantitative estimate of drug-likeness (QED) is 0.764. The third-order valence-corrected chi connectivity index (χ3v) is 6.68. The Hall–Kier alpha value is -1.23. The zero-order chi connectivity index (χ0) is 17.1. The molecule has 2 aromatic heterocycles. The van der Waals surface area contributed by atoms with Gasteiger partial charge >= 0.3 is 0 Å². The van der Waals surface area contributed by atoms with Crippen molar-refractivity contribution in [1.82, 2.24) is 9.88 Å².